The molecule has 1 rings (SSSR count). The molecule has 5 nitrogen and oxygen atoms in total. The summed E-state index contributed by atoms with van der Waals surface area (Å²) >= 11 is 0. The molecule has 1 aromatic carbocycles. The van der Waals surface area contributed by atoms with Crippen molar-refractivity contribution in [3.63, 3.8) is 0 Å². The summed E-state index contributed by atoms with van der Waals surface area (Å²) in [6.45, 7) is 4.26. The summed E-state index contributed by atoms with van der Waals surface area (Å²) in [5.74, 6) is -0.100. The highest BCUT2D eigenvalue weighted by Gasteiger charge is 2.25. The standard InChI is InChI=1S/C16H26N2O3/c1-4-13-7-5-6-8-14(13)17-15(21)9-18(3)10-16(2,11-19)12-20/h5-8,19-20H,4,9-12H2,1-3H3,(H,17,21). The lowest BCUT2D eigenvalue weighted by atomic mass is 9.92. The van der Waals surface area contributed by atoms with E-state index in [1.165, 1.54) is 0 Å². The van der Waals surface area contributed by atoms with Gasteiger partial charge in [-0.15, -0.1) is 0 Å². The maximum Gasteiger partial charge on any atom is 0.238 e. The fraction of sp³-hybridized carbons (Fsp3) is 0.562. The maximum absolute atomic E-state index is 12.1. The van der Waals surface area contributed by atoms with Crippen LogP contribution in [-0.2, 0) is 11.2 Å². The van der Waals surface area contributed by atoms with E-state index in [0.717, 1.165) is 17.7 Å². The minimum absolute atomic E-state index is 0.100. The molecule has 0 saturated heterocycles. The van der Waals surface area contributed by atoms with E-state index in [2.05, 4.69) is 5.32 Å². The van der Waals surface area contributed by atoms with Gasteiger partial charge in [0.15, 0.2) is 0 Å². The van der Waals surface area contributed by atoms with Gasteiger partial charge in [-0.1, -0.05) is 32.0 Å². The van der Waals surface area contributed by atoms with Crippen molar-refractivity contribution in [2.45, 2.75) is 20.3 Å². The van der Waals surface area contributed by atoms with Crippen molar-refractivity contribution in [2.24, 2.45) is 5.41 Å². The molecule has 0 aliphatic heterocycles. The van der Waals surface area contributed by atoms with Crippen molar-refractivity contribution in [3.8, 4) is 0 Å². The summed E-state index contributed by atoms with van der Waals surface area (Å²) in [6, 6.07) is 7.73. The van der Waals surface area contributed by atoms with E-state index in [9.17, 15) is 15.0 Å². The van der Waals surface area contributed by atoms with E-state index >= 15 is 0 Å². The third-order valence-electron chi connectivity index (χ3n) is 3.50. The summed E-state index contributed by atoms with van der Waals surface area (Å²) in [6.07, 6.45) is 0.861. The fourth-order valence-electron chi connectivity index (χ4n) is 2.24. The quantitative estimate of drug-likeness (QED) is 0.671. The fourth-order valence-corrected chi connectivity index (χ4v) is 2.24. The van der Waals surface area contributed by atoms with Gasteiger partial charge >= 0.3 is 0 Å². The maximum atomic E-state index is 12.1. The summed E-state index contributed by atoms with van der Waals surface area (Å²) in [4.78, 5) is 13.9. The normalized spacial score (nSPS) is 11.7. The highest BCUT2D eigenvalue weighted by atomic mass is 16.3. The molecule has 118 valence electrons. The SMILES string of the molecule is CCc1ccccc1NC(=O)CN(C)CC(C)(CO)CO. The predicted octanol–water partition coefficient (Wildman–Crippen LogP) is 1.11. The van der Waals surface area contributed by atoms with Gasteiger partial charge in [-0.05, 0) is 25.1 Å². The van der Waals surface area contributed by atoms with Gasteiger partial charge in [-0.2, -0.15) is 0 Å². The molecule has 0 radical (unpaired) electrons. The molecule has 5 heteroatoms. The number of carbonyl (C=O) groups excluding carboxylic acids is 1. The molecule has 21 heavy (non-hydrogen) atoms. The number of nitrogens with zero attached hydrogens (tertiary/aromatic N) is 1. The minimum atomic E-state index is -0.601. The summed E-state index contributed by atoms with van der Waals surface area (Å²) in [7, 11) is 1.80. The van der Waals surface area contributed by atoms with Crippen LogP contribution < -0.4 is 5.32 Å². The van der Waals surface area contributed by atoms with Crippen molar-refractivity contribution in [2.75, 3.05) is 38.7 Å². The third kappa shape index (κ3) is 5.46. The van der Waals surface area contributed by atoms with Crippen LogP contribution in [0.2, 0.25) is 0 Å². The third-order valence-corrected chi connectivity index (χ3v) is 3.50. The zero-order valence-corrected chi connectivity index (χ0v) is 13.1. The number of benzene rings is 1. The van der Waals surface area contributed by atoms with Gasteiger partial charge in [0.25, 0.3) is 0 Å². The number of para-hydroxylation sites is 1. The van der Waals surface area contributed by atoms with Crippen LogP contribution >= 0.6 is 0 Å². The molecule has 0 saturated carbocycles. The Bertz CT molecular complexity index is 459. The van der Waals surface area contributed by atoms with Crippen molar-refractivity contribution >= 4 is 11.6 Å². The summed E-state index contributed by atoms with van der Waals surface area (Å²) in [5.41, 5.74) is 1.34. The second kappa shape index (κ2) is 8.12. The van der Waals surface area contributed by atoms with Gasteiger partial charge in [-0.3, -0.25) is 9.69 Å². The second-order valence-corrected chi connectivity index (χ2v) is 5.86. The Morgan fingerprint density at radius 1 is 1.29 bits per heavy atom. The Hall–Kier alpha value is -1.43. The number of hydrogen-bond donors (Lipinski definition) is 3. The molecule has 0 aliphatic carbocycles. The van der Waals surface area contributed by atoms with Crippen LogP contribution in [0.5, 0.6) is 0 Å². The second-order valence-electron chi connectivity index (χ2n) is 5.86. The van der Waals surface area contributed by atoms with Gasteiger partial charge in [0, 0.05) is 17.6 Å². The molecular formula is C16H26N2O3. The molecular weight excluding hydrogens is 268 g/mol. The number of nitrogens with one attached hydrogen (secondary N) is 1. The number of hydrogen-bond acceptors (Lipinski definition) is 4. The van der Waals surface area contributed by atoms with E-state index in [1.54, 1.807) is 18.9 Å². The molecule has 1 amide bonds. The van der Waals surface area contributed by atoms with Crippen molar-refractivity contribution in [3.05, 3.63) is 29.8 Å². The summed E-state index contributed by atoms with van der Waals surface area (Å²) in [5, 5.41) is 21.5. The highest BCUT2D eigenvalue weighted by Crippen LogP contribution is 2.17. The summed E-state index contributed by atoms with van der Waals surface area (Å²) < 4.78 is 0. The van der Waals surface area contributed by atoms with E-state index in [0.29, 0.717) is 6.54 Å². The number of likely N-dealkylation sites (N-methyl/N-ethyl adjacent to an activating group) is 1. The van der Waals surface area contributed by atoms with Crippen LogP contribution in [0.3, 0.4) is 0 Å². The number of aliphatic hydroxyl groups is 2. The first-order valence-electron chi connectivity index (χ1n) is 7.22. The van der Waals surface area contributed by atoms with Crippen molar-refractivity contribution < 1.29 is 15.0 Å². The Balaban J connectivity index is 2.57. The van der Waals surface area contributed by atoms with Crippen molar-refractivity contribution in [1.82, 2.24) is 4.90 Å². The van der Waals surface area contributed by atoms with Gasteiger partial charge < -0.3 is 15.5 Å². The monoisotopic (exact) mass is 294 g/mol. The molecule has 0 bridgehead atoms. The first-order chi connectivity index (χ1) is 9.94. The Morgan fingerprint density at radius 3 is 2.48 bits per heavy atom. The molecule has 1 aromatic rings. The van der Waals surface area contributed by atoms with E-state index in [-0.39, 0.29) is 25.7 Å². The number of aryl methyl sites for hydroxylation is 1. The minimum Gasteiger partial charge on any atom is -0.396 e. The van der Waals surface area contributed by atoms with Gasteiger partial charge in [0.2, 0.25) is 5.91 Å². The Kier molecular flexibility index (Phi) is 6.81. The predicted molar refractivity (Wildman–Crippen MR) is 84.2 cm³/mol. The van der Waals surface area contributed by atoms with Crippen LogP contribution in [0.15, 0.2) is 24.3 Å². The average Bonchev–Trinajstić information content (AvgIpc) is 2.47. The lowest BCUT2D eigenvalue weighted by Crippen LogP contribution is -2.42. The first kappa shape index (κ1) is 17.6. The lowest BCUT2D eigenvalue weighted by Gasteiger charge is -2.30. The topological polar surface area (TPSA) is 72.8 Å². The smallest absolute Gasteiger partial charge is 0.238 e. The number of anilines is 1. The molecule has 0 spiro atoms. The zero-order valence-electron chi connectivity index (χ0n) is 13.1. The Labute approximate surface area is 126 Å². The average molecular weight is 294 g/mol. The molecule has 0 atom stereocenters. The van der Waals surface area contributed by atoms with Gasteiger partial charge in [0.1, 0.15) is 0 Å². The molecule has 0 aliphatic rings. The molecule has 3 N–H and O–H groups in total. The molecule has 0 heterocycles. The van der Waals surface area contributed by atoms with Crippen LogP contribution in [0.4, 0.5) is 5.69 Å². The van der Waals surface area contributed by atoms with Gasteiger partial charge in [-0.25, -0.2) is 0 Å². The van der Waals surface area contributed by atoms with E-state index < -0.39 is 5.41 Å². The van der Waals surface area contributed by atoms with Crippen LogP contribution in [0, 0.1) is 5.41 Å². The van der Waals surface area contributed by atoms with Crippen LogP contribution in [-0.4, -0.2) is 54.4 Å². The molecule has 0 unspecified atom stereocenters. The Morgan fingerprint density at radius 2 is 1.90 bits per heavy atom. The number of aliphatic hydroxyl groups excluding tert-OH is 2. The molecule has 0 aromatic heterocycles. The van der Waals surface area contributed by atoms with E-state index in [4.69, 9.17) is 0 Å². The lowest BCUT2D eigenvalue weighted by molar-refractivity contribution is -0.117. The first-order valence-corrected chi connectivity index (χ1v) is 7.22. The van der Waals surface area contributed by atoms with Crippen LogP contribution in [0.25, 0.3) is 0 Å². The number of rotatable bonds is 8. The van der Waals surface area contributed by atoms with Crippen LogP contribution in [0.1, 0.15) is 19.4 Å². The highest BCUT2D eigenvalue weighted by molar-refractivity contribution is 5.92. The van der Waals surface area contributed by atoms with Crippen molar-refractivity contribution in [1.29, 1.82) is 0 Å². The number of carbonyl (C=O) groups is 1. The zero-order chi connectivity index (χ0) is 15.9. The number of amides is 1. The largest absolute Gasteiger partial charge is 0.396 e. The van der Waals surface area contributed by atoms with E-state index in [1.807, 2.05) is 31.2 Å². The van der Waals surface area contributed by atoms with Gasteiger partial charge in [0.05, 0.1) is 19.8 Å². The molecule has 0 fully saturated rings.